The van der Waals surface area contributed by atoms with Crippen LogP contribution in [0.5, 0.6) is 0 Å². The molecule has 6 heteroatoms. The molecule has 2 fully saturated rings. The van der Waals surface area contributed by atoms with Crippen molar-refractivity contribution in [2.45, 2.75) is 71.0 Å². The molecule has 2 aliphatic heterocycles. The van der Waals surface area contributed by atoms with Gasteiger partial charge in [0.15, 0.2) is 0 Å². The minimum atomic E-state index is -0.0555. The molecule has 1 aromatic heterocycles. The molecule has 2 saturated heterocycles. The fraction of sp³-hybridized carbons (Fsp3) is 0.800. The topological polar surface area (TPSA) is 62.5 Å². The van der Waals surface area contributed by atoms with E-state index in [-0.39, 0.29) is 12.1 Å². The first-order valence-electron chi connectivity index (χ1n) is 7.97. The largest absolute Gasteiger partial charge is 0.423 e. The lowest BCUT2D eigenvalue weighted by atomic mass is 9.98. The summed E-state index contributed by atoms with van der Waals surface area (Å²) in [5.74, 6) is 1.14. The second kappa shape index (κ2) is 5.66. The third kappa shape index (κ3) is 2.63. The van der Waals surface area contributed by atoms with Crippen LogP contribution < -0.4 is 0 Å². The molecule has 0 unspecified atom stereocenters. The number of likely N-dealkylation sites (tertiary alicyclic amines) is 2. The highest BCUT2D eigenvalue weighted by Gasteiger charge is 2.39. The van der Waals surface area contributed by atoms with E-state index in [9.17, 15) is 4.79 Å². The fourth-order valence-corrected chi connectivity index (χ4v) is 3.65. The number of rotatable bonds is 1. The number of carbonyl (C=O) groups is 1. The molecular weight excluding hydrogens is 268 g/mol. The maximum Gasteiger partial charge on any atom is 0.321 e. The summed E-state index contributed by atoms with van der Waals surface area (Å²) in [4.78, 5) is 16.9. The summed E-state index contributed by atoms with van der Waals surface area (Å²) in [6.07, 6.45) is 5.29. The van der Waals surface area contributed by atoms with Gasteiger partial charge in [0.05, 0.1) is 0 Å². The lowest BCUT2D eigenvalue weighted by molar-refractivity contribution is 0.0856. The zero-order valence-corrected chi connectivity index (χ0v) is 13.1. The van der Waals surface area contributed by atoms with Gasteiger partial charge in [-0.15, -0.1) is 10.2 Å². The Hall–Kier alpha value is -1.59. The van der Waals surface area contributed by atoms with E-state index in [1.54, 1.807) is 6.92 Å². The molecular formula is C15H24N4O2. The van der Waals surface area contributed by atoms with Gasteiger partial charge in [-0.05, 0) is 46.0 Å². The number of piperidine rings is 1. The molecule has 3 heterocycles. The minimum absolute atomic E-state index is 0.0555. The number of urea groups is 1. The Balaban J connectivity index is 1.79. The molecule has 0 aromatic carbocycles. The van der Waals surface area contributed by atoms with Gasteiger partial charge in [-0.1, -0.05) is 0 Å². The highest BCUT2D eigenvalue weighted by molar-refractivity contribution is 5.76. The maximum atomic E-state index is 13.0. The van der Waals surface area contributed by atoms with E-state index < -0.39 is 0 Å². The van der Waals surface area contributed by atoms with Crippen LogP contribution in [0.4, 0.5) is 4.79 Å². The Labute approximate surface area is 125 Å². The molecule has 21 heavy (non-hydrogen) atoms. The molecule has 3 rings (SSSR count). The number of aryl methyl sites for hydroxylation is 1. The summed E-state index contributed by atoms with van der Waals surface area (Å²) in [5, 5.41) is 8.01. The molecule has 1 aromatic rings. The molecule has 2 aliphatic rings. The number of hydrogen-bond acceptors (Lipinski definition) is 4. The Morgan fingerprint density at radius 3 is 2.48 bits per heavy atom. The second-order valence-corrected chi connectivity index (χ2v) is 6.33. The first-order valence-corrected chi connectivity index (χ1v) is 7.97. The lowest BCUT2D eigenvalue weighted by Gasteiger charge is -2.41. The van der Waals surface area contributed by atoms with E-state index in [2.05, 4.69) is 24.0 Å². The van der Waals surface area contributed by atoms with Crippen molar-refractivity contribution < 1.29 is 9.21 Å². The van der Waals surface area contributed by atoms with E-state index in [1.807, 2.05) is 9.80 Å². The van der Waals surface area contributed by atoms with E-state index in [4.69, 9.17) is 4.42 Å². The number of hydrogen-bond donors (Lipinski definition) is 0. The summed E-state index contributed by atoms with van der Waals surface area (Å²) in [7, 11) is 0. The SMILES string of the molecule is Cc1nnc([C@@H]2CCCN2C(=O)N2[C@H](C)CCC[C@@H]2C)o1. The quantitative estimate of drug-likeness (QED) is 0.798. The van der Waals surface area contributed by atoms with Crippen LogP contribution in [0.15, 0.2) is 4.42 Å². The smallest absolute Gasteiger partial charge is 0.321 e. The summed E-state index contributed by atoms with van der Waals surface area (Å²) < 4.78 is 5.55. The van der Waals surface area contributed by atoms with Gasteiger partial charge in [0.25, 0.3) is 0 Å². The monoisotopic (exact) mass is 292 g/mol. The molecule has 0 saturated carbocycles. The average Bonchev–Trinajstić information content (AvgIpc) is 3.06. The van der Waals surface area contributed by atoms with Gasteiger partial charge in [-0.2, -0.15) is 0 Å². The highest BCUT2D eigenvalue weighted by atomic mass is 16.4. The van der Waals surface area contributed by atoms with Crippen molar-refractivity contribution in [2.24, 2.45) is 0 Å². The van der Waals surface area contributed by atoms with Gasteiger partial charge in [-0.25, -0.2) is 4.79 Å². The van der Waals surface area contributed by atoms with Crippen molar-refractivity contribution in [2.75, 3.05) is 6.54 Å². The van der Waals surface area contributed by atoms with Crippen molar-refractivity contribution in [1.82, 2.24) is 20.0 Å². The molecule has 6 nitrogen and oxygen atoms in total. The molecule has 2 amide bonds. The Bertz CT molecular complexity index is 506. The third-order valence-corrected chi connectivity index (χ3v) is 4.74. The number of nitrogens with zero attached hydrogens (tertiary/aromatic N) is 4. The summed E-state index contributed by atoms with van der Waals surface area (Å²) in [6, 6.07) is 0.701. The van der Waals surface area contributed by atoms with Gasteiger partial charge in [-0.3, -0.25) is 0 Å². The number of aromatic nitrogens is 2. The molecule has 0 N–H and O–H groups in total. The van der Waals surface area contributed by atoms with Crippen LogP contribution in [0.3, 0.4) is 0 Å². The molecule has 0 aliphatic carbocycles. The fourth-order valence-electron chi connectivity index (χ4n) is 3.65. The van der Waals surface area contributed by atoms with Crippen LogP contribution in [-0.2, 0) is 0 Å². The van der Waals surface area contributed by atoms with E-state index in [0.717, 1.165) is 32.2 Å². The van der Waals surface area contributed by atoms with Crippen molar-refractivity contribution in [3.63, 3.8) is 0 Å². The zero-order chi connectivity index (χ0) is 15.0. The van der Waals surface area contributed by atoms with Crippen molar-refractivity contribution >= 4 is 6.03 Å². The van der Waals surface area contributed by atoms with Gasteiger partial charge < -0.3 is 14.2 Å². The standard InChI is InChI=1S/C15H24N4O2/c1-10-6-4-7-11(2)19(10)15(20)18-9-5-8-13(18)14-17-16-12(3)21-14/h10-11,13H,4-9H2,1-3H3/t10-,11+,13-/m0/s1. The normalized spacial score (nSPS) is 30.0. The van der Waals surface area contributed by atoms with Crippen molar-refractivity contribution in [3.05, 3.63) is 11.8 Å². The van der Waals surface area contributed by atoms with Crippen molar-refractivity contribution in [3.8, 4) is 0 Å². The van der Waals surface area contributed by atoms with E-state index >= 15 is 0 Å². The predicted molar refractivity (Wildman–Crippen MR) is 77.7 cm³/mol. The van der Waals surface area contributed by atoms with Crippen LogP contribution in [0.25, 0.3) is 0 Å². The van der Waals surface area contributed by atoms with Gasteiger partial charge in [0, 0.05) is 25.6 Å². The Morgan fingerprint density at radius 2 is 1.86 bits per heavy atom. The van der Waals surface area contributed by atoms with Crippen LogP contribution in [-0.4, -0.2) is 44.7 Å². The Morgan fingerprint density at radius 1 is 1.14 bits per heavy atom. The van der Waals surface area contributed by atoms with Crippen LogP contribution >= 0.6 is 0 Å². The second-order valence-electron chi connectivity index (χ2n) is 6.33. The minimum Gasteiger partial charge on any atom is -0.423 e. The van der Waals surface area contributed by atoms with Crippen LogP contribution in [0.1, 0.15) is 63.8 Å². The van der Waals surface area contributed by atoms with Gasteiger partial charge in [0.1, 0.15) is 6.04 Å². The number of carbonyl (C=O) groups excluding carboxylic acids is 1. The average molecular weight is 292 g/mol. The zero-order valence-electron chi connectivity index (χ0n) is 13.1. The molecule has 3 atom stereocenters. The first kappa shape index (κ1) is 14.4. The summed E-state index contributed by atoms with van der Waals surface area (Å²) in [5.41, 5.74) is 0. The van der Waals surface area contributed by atoms with E-state index in [1.165, 1.54) is 6.42 Å². The van der Waals surface area contributed by atoms with Gasteiger partial charge in [0.2, 0.25) is 11.8 Å². The summed E-state index contributed by atoms with van der Waals surface area (Å²) in [6.45, 7) is 6.86. The molecule has 0 radical (unpaired) electrons. The van der Waals surface area contributed by atoms with E-state index in [0.29, 0.717) is 23.9 Å². The molecule has 0 spiro atoms. The first-order chi connectivity index (χ1) is 10.1. The van der Waals surface area contributed by atoms with Crippen LogP contribution in [0, 0.1) is 6.92 Å². The summed E-state index contributed by atoms with van der Waals surface area (Å²) >= 11 is 0. The number of amides is 2. The predicted octanol–water partition coefficient (Wildman–Crippen LogP) is 2.90. The lowest BCUT2D eigenvalue weighted by Crippen LogP contribution is -2.53. The molecule has 0 bridgehead atoms. The van der Waals surface area contributed by atoms with Crippen molar-refractivity contribution in [1.29, 1.82) is 0 Å². The third-order valence-electron chi connectivity index (χ3n) is 4.74. The van der Waals surface area contributed by atoms with Gasteiger partial charge >= 0.3 is 6.03 Å². The highest BCUT2D eigenvalue weighted by Crippen LogP contribution is 2.34. The Kier molecular flexibility index (Phi) is 3.87. The maximum absolute atomic E-state index is 13.0. The molecule has 116 valence electrons. The van der Waals surface area contributed by atoms with Crippen LogP contribution in [0.2, 0.25) is 0 Å².